The van der Waals surface area contributed by atoms with Gasteiger partial charge in [0.25, 0.3) is 12.0 Å². The fourth-order valence-electron chi connectivity index (χ4n) is 5.05. The van der Waals surface area contributed by atoms with Crippen molar-refractivity contribution in [2.45, 2.75) is 38.5 Å². The molecule has 3 heterocycles. The number of nitrogens with zero attached hydrogens (tertiary/aromatic N) is 4. The zero-order valence-electron chi connectivity index (χ0n) is 21.2. The Kier molecular flexibility index (Phi) is 7.52. The van der Waals surface area contributed by atoms with Crippen molar-refractivity contribution in [1.82, 2.24) is 9.36 Å². The van der Waals surface area contributed by atoms with Gasteiger partial charge in [-0.15, -0.1) is 0 Å². The number of ether oxygens (including phenoxy) is 1. The number of halogens is 3. The van der Waals surface area contributed by atoms with Gasteiger partial charge in [0.2, 0.25) is 5.91 Å². The van der Waals surface area contributed by atoms with E-state index in [1.807, 2.05) is 0 Å². The van der Waals surface area contributed by atoms with Gasteiger partial charge in [0.05, 0.1) is 41.9 Å². The second-order valence-electron chi connectivity index (χ2n) is 9.53. The molecule has 2 aromatic carbocycles. The maximum atomic E-state index is 15.3. The molecule has 11 nitrogen and oxygen atoms in total. The predicted molar refractivity (Wildman–Crippen MR) is 138 cm³/mol. The van der Waals surface area contributed by atoms with Crippen molar-refractivity contribution in [3.8, 4) is 0 Å². The summed E-state index contributed by atoms with van der Waals surface area (Å²) in [5, 5.41) is 11.9. The number of anilines is 3. The van der Waals surface area contributed by atoms with Crippen molar-refractivity contribution < 1.29 is 37.4 Å². The number of aromatic nitrogens is 2. The highest BCUT2D eigenvalue weighted by Gasteiger charge is 2.34. The number of ketones is 1. The van der Waals surface area contributed by atoms with Gasteiger partial charge in [-0.05, 0) is 42.8 Å². The van der Waals surface area contributed by atoms with Crippen LogP contribution in [-0.4, -0.2) is 71.0 Å². The van der Waals surface area contributed by atoms with Gasteiger partial charge in [0, 0.05) is 25.2 Å². The standard InChI is InChI=1S/C26H26F3N5O6/c27-19-12-16(32-13-17(40-26(32)39)3-6-22(36)24(28)29)2-5-21(19)31-7-9-33-20-4-1-15(30-23(37)14-35)11-18(20)25(38)34(33)10-8-31/h1-2,4-5,11-12,17,24,35H,3,6-10,13-14H2,(H,30,37)/t17-/m0/s1. The Hall–Kier alpha value is -4.33. The highest BCUT2D eigenvalue weighted by molar-refractivity contribution is 5.94. The molecule has 2 aliphatic heterocycles. The summed E-state index contributed by atoms with van der Waals surface area (Å²) < 4.78 is 48.7. The summed E-state index contributed by atoms with van der Waals surface area (Å²) in [7, 11) is 0. The number of alkyl halides is 2. The molecular weight excluding hydrogens is 535 g/mol. The molecule has 1 fully saturated rings. The number of fused-ring (bicyclic) bond motifs is 3. The molecule has 1 atom stereocenters. The highest BCUT2D eigenvalue weighted by atomic mass is 19.3. The molecule has 2 amide bonds. The van der Waals surface area contributed by atoms with Gasteiger partial charge in [0.1, 0.15) is 18.5 Å². The van der Waals surface area contributed by atoms with E-state index in [0.29, 0.717) is 36.2 Å². The Balaban J connectivity index is 1.28. The summed E-state index contributed by atoms with van der Waals surface area (Å²) >= 11 is 0. The van der Waals surface area contributed by atoms with E-state index >= 15 is 4.39 Å². The lowest BCUT2D eigenvalue weighted by atomic mass is 10.1. The first kappa shape index (κ1) is 27.2. The number of Topliss-reactive ketones (excluding diaryl/α,β-unsaturated/α-hetero) is 1. The highest BCUT2D eigenvalue weighted by Crippen LogP contribution is 2.30. The number of hydrogen-bond donors (Lipinski definition) is 2. The first-order chi connectivity index (χ1) is 19.2. The van der Waals surface area contributed by atoms with Crippen LogP contribution in [0.15, 0.2) is 41.2 Å². The SMILES string of the molecule is O=C(CO)Nc1ccc2c(c1)c(=O)n1n2CCN(c2ccc(N3C[C@H](CCC(=O)C(F)F)OC3=O)cc2F)CC1. The Labute approximate surface area is 225 Å². The molecule has 1 aromatic heterocycles. The van der Waals surface area contributed by atoms with Crippen molar-refractivity contribution in [2.75, 3.05) is 41.4 Å². The van der Waals surface area contributed by atoms with Gasteiger partial charge in [-0.2, -0.15) is 0 Å². The van der Waals surface area contributed by atoms with Gasteiger partial charge >= 0.3 is 6.09 Å². The van der Waals surface area contributed by atoms with Crippen LogP contribution in [0, 0.1) is 5.82 Å². The quantitative estimate of drug-likeness (QED) is 0.433. The van der Waals surface area contributed by atoms with Crippen LogP contribution < -0.4 is 20.7 Å². The summed E-state index contributed by atoms with van der Waals surface area (Å²) in [4.78, 5) is 51.1. The van der Waals surface area contributed by atoms with Crippen molar-refractivity contribution in [2.24, 2.45) is 0 Å². The second-order valence-corrected chi connectivity index (χ2v) is 9.53. The minimum Gasteiger partial charge on any atom is -0.444 e. The van der Waals surface area contributed by atoms with E-state index in [4.69, 9.17) is 9.84 Å². The zero-order chi connectivity index (χ0) is 28.6. The molecule has 0 saturated carbocycles. The molecule has 3 aromatic rings. The van der Waals surface area contributed by atoms with Crippen molar-refractivity contribution in [3.05, 3.63) is 52.6 Å². The Morgan fingerprint density at radius 1 is 1.05 bits per heavy atom. The van der Waals surface area contributed by atoms with Crippen molar-refractivity contribution in [1.29, 1.82) is 0 Å². The van der Waals surface area contributed by atoms with Crippen LogP contribution >= 0.6 is 0 Å². The maximum Gasteiger partial charge on any atom is 0.414 e. The van der Waals surface area contributed by atoms with E-state index in [9.17, 15) is 28.0 Å². The molecular formula is C26H26F3N5O6. The zero-order valence-corrected chi connectivity index (χ0v) is 21.2. The first-order valence-electron chi connectivity index (χ1n) is 12.6. The normalized spacial score (nSPS) is 17.2. The third kappa shape index (κ3) is 5.26. The molecule has 1 saturated heterocycles. The monoisotopic (exact) mass is 561 g/mol. The number of benzene rings is 2. The van der Waals surface area contributed by atoms with E-state index in [-0.39, 0.29) is 36.4 Å². The van der Waals surface area contributed by atoms with Crippen LogP contribution in [0.2, 0.25) is 0 Å². The number of rotatable bonds is 8. The molecule has 5 rings (SSSR count). The summed E-state index contributed by atoms with van der Waals surface area (Å²) in [6, 6.07) is 9.18. The van der Waals surface area contributed by atoms with E-state index < -0.39 is 49.2 Å². The predicted octanol–water partition coefficient (Wildman–Crippen LogP) is 2.33. The van der Waals surface area contributed by atoms with Crippen LogP contribution in [0.3, 0.4) is 0 Å². The molecule has 0 aliphatic carbocycles. The molecule has 0 spiro atoms. The minimum atomic E-state index is -3.07. The van der Waals surface area contributed by atoms with E-state index in [2.05, 4.69) is 5.32 Å². The van der Waals surface area contributed by atoms with Crippen LogP contribution in [0.25, 0.3) is 10.9 Å². The first-order valence-corrected chi connectivity index (χ1v) is 12.6. The number of cyclic esters (lactones) is 1. The molecule has 14 heteroatoms. The fraction of sp³-hybridized carbons (Fsp3) is 0.385. The largest absolute Gasteiger partial charge is 0.444 e. The van der Waals surface area contributed by atoms with Crippen molar-refractivity contribution >= 4 is 45.7 Å². The fourth-order valence-corrected chi connectivity index (χ4v) is 5.05. The van der Waals surface area contributed by atoms with E-state index in [1.54, 1.807) is 38.5 Å². The molecule has 0 bridgehead atoms. The lowest BCUT2D eigenvalue weighted by Crippen LogP contribution is -2.29. The average Bonchev–Trinajstić information content (AvgIpc) is 3.33. The lowest BCUT2D eigenvalue weighted by molar-refractivity contribution is -0.130. The summed E-state index contributed by atoms with van der Waals surface area (Å²) in [5.74, 6) is -2.40. The number of aliphatic hydroxyl groups is 1. The van der Waals surface area contributed by atoms with Crippen LogP contribution in [-0.2, 0) is 27.4 Å². The number of aliphatic hydroxyl groups excluding tert-OH is 1. The second kappa shape index (κ2) is 11.0. The third-order valence-corrected chi connectivity index (χ3v) is 7.04. The van der Waals surface area contributed by atoms with Gasteiger partial charge in [-0.25, -0.2) is 22.6 Å². The molecule has 0 unspecified atom stereocenters. The lowest BCUT2D eigenvalue weighted by Gasteiger charge is -2.24. The van der Waals surface area contributed by atoms with Gasteiger partial charge < -0.3 is 20.1 Å². The number of hydrogen-bond acceptors (Lipinski definition) is 7. The smallest absolute Gasteiger partial charge is 0.414 e. The topological polar surface area (TPSA) is 126 Å². The molecule has 212 valence electrons. The van der Waals surface area contributed by atoms with Crippen LogP contribution in [0.5, 0.6) is 0 Å². The number of carbonyl (C=O) groups is 3. The maximum absolute atomic E-state index is 15.3. The van der Waals surface area contributed by atoms with Crippen LogP contribution in [0.4, 0.5) is 35.0 Å². The Morgan fingerprint density at radius 3 is 2.50 bits per heavy atom. The molecule has 40 heavy (non-hydrogen) atoms. The van der Waals surface area contributed by atoms with Gasteiger partial charge in [0.15, 0.2) is 5.78 Å². The average molecular weight is 562 g/mol. The number of nitrogens with one attached hydrogen (secondary N) is 1. The summed E-state index contributed by atoms with van der Waals surface area (Å²) in [6.07, 6.45) is -5.05. The third-order valence-electron chi connectivity index (χ3n) is 7.04. The van der Waals surface area contributed by atoms with Crippen LogP contribution in [0.1, 0.15) is 12.8 Å². The molecule has 2 N–H and O–H groups in total. The van der Waals surface area contributed by atoms with E-state index in [0.717, 1.165) is 0 Å². The van der Waals surface area contributed by atoms with Crippen molar-refractivity contribution in [3.63, 3.8) is 0 Å². The summed E-state index contributed by atoms with van der Waals surface area (Å²) in [6.45, 7) is 0.686. The Bertz CT molecular complexity index is 1540. The van der Waals surface area contributed by atoms with E-state index in [1.165, 1.54) is 17.0 Å². The van der Waals surface area contributed by atoms with Gasteiger partial charge in [-0.3, -0.25) is 24.0 Å². The molecule has 0 radical (unpaired) electrons. The molecule has 2 aliphatic rings. The minimum absolute atomic E-state index is 0.00862. The number of amides is 2. The Morgan fingerprint density at radius 2 is 1.80 bits per heavy atom. The summed E-state index contributed by atoms with van der Waals surface area (Å²) in [5.41, 5.74) is 1.31. The van der Waals surface area contributed by atoms with Gasteiger partial charge in [-0.1, -0.05) is 0 Å². The number of carbonyl (C=O) groups excluding carboxylic acids is 3.